The van der Waals surface area contributed by atoms with E-state index in [1.807, 2.05) is 16.7 Å². The van der Waals surface area contributed by atoms with Gasteiger partial charge < -0.3 is 10.2 Å². The second kappa shape index (κ2) is 5.97. The highest BCUT2D eigenvalue weighted by molar-refractivity contribution is 7.99. The quantitative estimate of drug-likeness (QED) is 0.757. The number of carbonyl (C=O) groups excluding carboxylic acids is 1. The average Bonchev–Trinajstić information content (AvgIpc) is 2.69. The van der Waals surface area contributed by atoms with E-state index in [2.05, 4.69) is 12.2 Å². The predicted molar refractivity (Wildman–Crippen MR) is 66.8 cm³/mol. The molecule has 2 aliphatic rings. The lowest BCUT2D eigenvalue weighted by atomic mass is 10.2. The van der Waals surface area contributed by atoms with Crippen LogP contribution < -0.4 is 5.32 Å². The molecule has 2 aliphatic heterocycles. The van der Waals surface area contributed by atoms with Crippen LogP contribution in [0, 0.1) is 0 Å². The number of carbonyl (C=O) groups is 1. The van der Waals surface area contributed by atoms with Crippen LogP contribution in [-0.4, -0.2) is 47.5 Å². The summed E-state index contributed by atoms with van der Waals surface area (Å²) < 4.78 is 0. The molecule has 0 radical (unpaired) electrons. The molecule has 0 saturated carbocycles. The Labute approximate surface area is 102 Å². The molecule has 0 spiro atoms. The highest BCUT2D eigenvalue weighted by Gasteiger charge is 2.29. The predicted octanol–water partition coefficient (Wildman–Crippen LogP) is 1.12. The van der Waals surface area contributed by atoms with E-state index in [9.17, 15) is 4.79 Å². The number of hydrogen-bond donors (Lipinski definition) is 1. The van der Waals surface area contributed by atoms with Gasteiger partial charge in [0, 0.05) is 24.1 Å². The summed E-state index contributed by atoms with van der Waals surface area (Å²) in [4.78, 5) is 14.0. The molecule has 1 amide bonds. The van der Waals surface area contributed by atoms with Crippen LogP contribution in [0.25, 0.3) is 0 Å². The summed E-state index contributed by atoms with van der Waals surface area (Å²) in [6.45, 7) is 5.08. The van der Waals surface area contributed by atoms with Crippen molar-refractivity contribution in [2.24, 2.45) is 0 Å². The molecule has 2 unspecified atom stereocenters. The molecular formula is C10H19ClN2OS. The molecule has 2 atom stereocenters. The third-order valence-electron chi connectivity index (χ3n) is 2.91. The topological polar surface area (TPSA) is 32.3 Å². The van der Waals surface area contributed by atoms with Gasteiger partial charge in [0.05, 0.1) is 6.04 Å². The fourth-order valence-electron chi connectivity index (χ4n) is 2.13. The van der Waals surface area contributed by atoms with Gasteiger partial charge in [0.15, 0.2) is 0 Å². The number of halogens is 1. The fraction of sp³-hybridized carbons (Fsp3) is 0.900. The molecule has 0 aromatic carbocycles. The molecule has 1 N–H and O–H groups in total. The second-order valence-corrected chi connectivity index (χ2v) is 5.66. The summed E-state index contributed by atoms with van der Waals surface area (Å²) in [5.41, 5.74) is 0. The van der Waals surface area contributed by atoms with Gasteiger partial charge in [0.2, 0.25) is 5.91 Å². The smallest absolute Gasteiger partial charge is 0.239 e. The van der Waals surface area contributed by atoms with Crippen LogP contribution in [0.15, 0.2) is 0 Å². The monoisotopic (exact) mass is 250 g/mol. The number of amides is 1. The molecule has 0 bridgehead atoms. The normalized spacial score (nSPS) is 31.1. The zero-order chi connectivity index (χ0) is 9.97. The van der Waals surface area contributed by atoms with Gasteiger partial charge in [-0.25, -0.2) is 0 Å². The van der Waals surface area contributed by atoms with Gasteiger partial charge in [-0.05, 0) is 19.4 Å². The van der Waals surface area contributed by atoms with Gasteiger partial charge in [0.25, 0.3) is 0 Å². The van der Waals surface area contributed by atoms with Crippen molar-refractivity contribution in [2.75, 3.05) is 25.4 Å². The molecule has 3 nitrogen and oxygen atoms in total. The maximum Gasteiger partial charge on any atom is 0.239 e. The summed E-state index contributed by atoms with van der Waals surface area (Å²) in [6, 6.07) is 0.116. The first kappa shape index (κ1) is 13.1. The average molecular weight is 251 g/mol. The molecule has 5 heteroatoms. The number of rotatable bonds is 1. The third kappa shape index (κ3) is 3.26. The van der Waals surface area contributed by atoms with E-state index in [0.29, 0.717) is 11.2 Å². The lowest BCUT2D eigenvalue weighted by Crippen LogP contribution is -2.48. The molecule has 15 heavy (non-hydrogen) atoms. The lowest BCUT2D eigenvalue weighted by Gasteiger charge is -2.32. The first-order valence-corrected chi connectivity index (χ1v) is 6.46. The zero-order valence-corrected chi connectivity index (χ0v) is 10.7. The van der Waals surface area contributed by atoms with E-state index in [4.69, 9.17) is 0 Å². The van der Waals surface area contributed by atoms with Crippen LogP contribution in [0.3, 0.4) is 0 Å². The van der Waals surface area contributed by atoms with E-state index < -0.39 is 0 Å². The highest BCUT2D eigenvalue weighted by Crippen LogP contribution is 2.19. The van der Waals surface area contributed by atoms with Gasteiger partial charge in [-0.3, -0.25) is 4.79 Å². The summed E-state index contributed by atoms with van der Waals surface area (Å²) in [6.07, 6.45) is 2.17. The largest absolute Gasteiger partial charge is 0.339 e. The molecule has 0 aromatic rings. The molecule has 88 valence electrons. The van der Waals surface area contributed by atoms with Crippen LogP contribution in [-0.2, 0) is 4.79 Å². The van der Waals surface area contributed by atoms with Gasteiger partial charge >= 0.3 is 0 Å². The Balaban J connectivity index is 0.00000112. The first-order valence-electron chi connectivity index (χ1n) is 5.41. The van der Waals surface area contributed by atoms with Crippen molar-refractivity contribution in [1.82, 2.24) is 10.2 Å². The van der Waals surface area contributed by atoms with Crippen molar-refractivity contribution >= 4 is 30.1 Å². The molecule has 0 aromatic heterocycles. The first-order chi connectivity index (χ1) is 6.77. The van der Waals surface area contributed by atoms with Gasteiger partial charge in [0.1, 0.15) is 0 Å². The van der Waals surface area contributed by atoms with E-state index in [1.165, 1.54) is 0 Å². The van der Waals surface area contributed by atoms with Crippen LogP contribution >= 0.6 is 24.2 Å². The SMILES string of the molecule is CC1CN(C(=O)C2CCCN2)CCS1.Cl. The fourth-order valence-corrected chi connectivity index (χ4v) is 3.15. The Hall–Kier alpha value is 0.0700. The third-order valence-corrected chi connectivity index (χ3v) is 4.05. The summed E-state index contributed by atoms with van der Waals surface area (Å²) in [5, 5.41) is 3.88. The van der Waals surface area contributed by atoms with Crippen molar-refractivity contribution in [3.05, 3.63) is 0 Å². The summed E-state index contributed by atoms with van der Waals surface area (Å²) in [7, 11) is 0. The minimum absolute atomic E-state index is 0. The Kier molecular flexibility index (Phi) is 5.23. The Bertz CT molecular complexity index is 221. The van der Waals surface area contributed by atoms with E-state index in [-0.39, 0.29) is 18.4 Å². The maximum absolute atomic E-state index is 12.0. The van der Waals surface area contributed by atoms with Crippen molar-refractivity contribution in [2.45, 2.75) is 31.1 Å². The summed E-state index contributed by atoms with van der Waals surface area (Å²) in [5.74, 6) is 1.43. The molecular weight excluding hydrogens is 232 g/mol. The van der Waals surface area contributed by atoms with Crippen LogP contribution in [0.5, 0.6) is 0 Å². The minimum Gasteiger partial charge on any atom is -0.339 e. The number of nitrogens with one attached hydrogen (secondary N) is 1. The molecule has 2 heterocycles. The van der Waals surface area contributed by atoms with Crippen LogP contribution in [0.2, 0.25) is 0 Å². The highest BCUT2D eigenvalue weighted by atomic mass is 35.5. The van der Waals surface area contributed by atoms with Crippen molar-refractivity contribution in [3.8, 4) is 0 Å². The molecule has 0 aliphatic carbocycles. The van der Waals surface area contributed by atoms with Gasteiger partial charge in [-0.1, -0.05) is 6.92 Å². The van der Waals surface area contributed by atoms with Gasteiger partial charge in [-0.2, -0.15) is 11.8 Å². The second-order valence-electron chi connectivity index (χ2n) is 4.11. The maximum atomic E-state index is 12.0. The molecule has 2 saturated heterocycles. The Morgan fingerprint density at radius 3 is 2.93 bits per heavy atom. The van der Waals surface area contributed by atoms with Gasteiger partial charge in [-0.15, -0.1) is 12.4 Å². The standard InChI is InChI=1S/C10H18N2OS.ClH/c1-8-7-12(5-6-14-8)10(13)9-3-2-4-11-9;/h8-9,11H,2-7H2,1H3;1H. The van der Waals surface area contributed by atoms with Crippen molar-refractivity contribution in [1.29, 1.82) is 0 Å². The molecule has 2 fully saturated rings. The Morgan fingerprint density at radius 2 is 2.33 bits per heavy atom. The zero-order valence-electron chi connectivity index (χ0n) is 9.07. The van der Waals surface area contributed by atoms with Crippen LogP contribution in [0.1, 0.15) is 19.8 Å². The number of thioether (sulfide) groups is 1. The van der Waals surface area contributed by atoms with E-state index in [0.717, 1.165) is 38.2 Å². The molecule has 2 rings (SSSR count). The van der Waals surface area contributed by atoms with Crippen molar-refractivity contribution in [3.63, 3.8) is 0 Å². The van der Waals surface area contributed by atoms with E-state index in [1.54, 1.807) is 0 Å². The van der Waals surface area contributed by atoms with Crippen molar-refractivity contribution < 1.29 is 4.79 Å². The minimum atomic E-state index is 0. The number of hydrogen-bond acceptors (Lipinski definition) is 3. The van der Waals surface area contributed by atoms with E-state index >= 15 is 0 Å². The number of nitrogens with zero attached hydrogens (tertiary/aromatic N) is 1. The Morgan fingerprint density at radius 1 is 1.53 bits per heavy atom. The lowest BCUT2D eigenvalue weighted by molar-refractivity contribution is -0.132. The summed E-state index contributed by atoms with van der Waals surface area (Å²) >= 11 is 1.97. The van der Waals surface area contributed by atoms with Crippen LogP contribution in [0.4, 0.5) is 0 Å².